The molecule has 2 aliphatic rings. The normalized spacial score (nSPS) is 28.1. The van der Waals surface area contributed by atoms with E-state index in [1.54, 1.807) is 19.1 Å². The van der Waals surface area contributed by atoms with E-state index in [4.69, 9.17) is 9.47 Å². The van der Waals surface area contributed by atoms with Crippen LogP contribution in [0.15, 0.2) is 12.1 Å². The van der Waals surface area contributed by atoms with Crippen molar-refractivity contribution in [2.75, 3.05) is 40.4 Å². The van der Waals surface area contributed by atoms with Gasteiger partial charge in [0.1, 0.15) is 32.7 Å². The molecule has 2 N–H and O–H groups in total. The van der Waals surface area contributed by atoms with Gasteiger partial charge in [0.05, 0.1) is 14.2 Å². The number of piperazine rings is 1. The average molecular weight is 420 g/mol. The van der Waals surface area contributed by atoms with Crippen molar-refractivity contribution < 1.29 is 24.1 Å². The van der Waals surface area contributed by atoms with Crippen molar-refractivity contribution in [1.82, 2.24) is 4.90 Å². The number of nitrogens with one attached hydrogen (secondary N) is 2. The SMILES string of the molecule is COc1cc(C)c(C[NH+]2CC[NH+]([C@H](C)C(=O)N3[C@@H](C)CCC[C@@H]3C)CC2)cc1OC. The molecule has 0 spiro atoms. The number of carbonyl (C=O) groups excluding carboxylic acids is 1. The molecular weight excluding hydrogens is 378 g/mol. The molecule has 6 nitrogen and oxygen atoms in total. The third-order valence-electron chi connectivity index (χ3n) is 7.31. The number of amides is 1. The van der Waals surface area contributed by atoms with E-state index in [0.29, 0.717) is 18.0 Å². The quantitative estimate of drug-likeness (QED) is 0.705. The van der Waals surface area contributed by atoms with Crippen LogP contribution in [-0.4, -0.2) is 69.3 Å². The van der Waals surface area contributed by atoms with Crippen LogP contribution < -0.4 is 19.3 Å². The molecule has 0 saturated carbocycles. The summed E-state index contributed by atoms with van der Waals surface area (Å²) in [6.07, 6.45) is 3.52. The summed E-state index contributed by atoms with van der Waals surface area (Å²) < 4.78 is 10.9. The van der Waals surface area contributed by atoms with Gasteiger partial charge in [0.2, 0.25) is 0 Å². The minimum Gasteiger partial charge on any atom is -0.493 e. The summed E-state index contributed by atoms with van der Waals surface area (Å²) in [5.41, 5.74) is 2.55. The molecule has 2 fully saturated rings. The molecule has 1 aromatic carbocycles. The van der Waals surface area contributed by atoms with Gasteiger partial charge in [-0.1, -0.05) is 0 Å². The van der Waals surface area contributed by atoms with Gasteiger partial charge in [-0.2, -0.15) is 0 Å². The fourth-order valence-electron chi connectivity index (χ4n) is 5.27. The second-order valence-electron chi connectivity index (χ2n) is 9.31. The predicted octanol–water partition coefficient (Wildman–Crippen LogP) is 0.474. The molecular formula is C24H41N3O3+2. The van der Waals surface area contributed by atoms with E-state index in [1.807, 2.05) is 0 Å². The van der Waals surface area contributed by atoms with Gasteiger partial charge in [-0.05, 0) is 64.7 Å². The molecule has 0 aromatic heterocycles. The summed E-state index contributed by atoms with van der Waals surface area (Å²) in [6, 6.07) is 4.99. The zero-order valence-electron chi connectivity index (χ0n) is 19.7. The first-order valence-corrected chi connectivity index (χ1v) is 11.6. The number of piperidine rings is 1. The summed E-state index contributed by atoms with van der Waals surface area (Å²) in [7, 11) is 3.37. The third-order valence-corrected chi connectivity index (χ3v) is 7.31. The smallest absolute Gasteiger partial charge is 0.281 e. The number of benzene rings is 1. The van der Waals surface area contributed by atoms with Gasteiger partial charge in [-0.3, -0.25) is 4.79 Å². The lowest BCUT2D eigenvalue weighted by Gasteiger charge is -2.42. The summed E-state index contributed by atoms with van der Waals surface area (Å²) >= 11 is 0. The number of aryl methyl sites for hydroxylation is 1. The Morgan fingerprint density at radius 2 is 1.63 bits per heavy atom. The van der Waals surface area contributed by atoms with E-state index in [9.17, 15) is 4.79 Å². The fourth-order valence-corrected chi connectivity index (χ4v) is 5.27. The molecule has 0 radical (unpaired) electrons. The molecule has 1 amide bonds. The van der Waals surface area contributed by atoms with Crippen LogP contribution >= 0.6 is 0 Å². The highest BCUT2D eigenvalue weighted by molar-refractivity contribution is 5.80. The van der Waals surface area contributed by atoms with Gasteiger partial charge >= 0.3 is 0 Å². The number of likely N-dealkylation sites (tertiary alicyclic amines) is 1. The Kier molecular flexibility index (Phi) is 7.64. The molecule has 3 rings (SSSR count). The summed E-state index contributed by atoms with van der Waals surface area (Å²) in [4.78, 5) is 18.4. The highest BCUT2D eigenvalue weighted by atomic mass is 16.5. The number of quaternary nitrogens is 2. The molecule has 1 aromatic rings. The van der Waals surface area contributed by atoms with Crippen LogP contribution in [0.4, 0.5) is 0 Å². The van der Waals surface area contributed by atoms with Gasteiger partial charge in [0.15, 0.2) is 17.5 Å². The van der Waals surface area contributed by atoms with E-state index in [2.05, 4.69) is 44.7 Å². The molecule has 0 unspecified atom stereocenters. The Hall–Kier alpha value is -1.79. The van der Waals surface area contributed by atoms with Crippen molar-refractivity contribution in [1.29, 1.82) is 0 Å². The van der Waals surface area contributed by atoms with Gasteiger partial charge in [-0.25, -0.2) is 0 Å². The summed E-state index contributed by atoms with van der Waals surface area (Å²) in [6.45, 7) is 14.0. The highest BCUT2D eigenvalue weighted by Crippen LogP contribution is 2.30. The van der Waals surface area contributed by atoms with Gasteiger partial charge in [0, 0.05) is 17.6 Å². The van der Waals surface area contributed by atoms with Gasteiger partial charge < -0.3 is 24.2 Å². The van der Waals surface area contributed by atoms with Gasteiger partial charge in [-0.15, -0.1) is 0 Å². The highest BCUT2D eigenvalue weighted by Gasteiger charge is 2.38. The lowest BCUT2D eigenvalue weighted by molar-refractivity contribution is -1.02. The van der Waals surface area contributed by atoms with Crippen LogP contribution in [0.2, 0.25) is 0 Å². The topological polar surface area (TPSA) is 47.7 Å². The van der Waals surface area contributed by atoms with E-state index in [0.717, 1.165) is 57.1 Å². The van der Waals surface area contributed by atoms with Crippen molar-refractivity contribution in [2.24, 2.45) is 0 Å². The van der Waals surface area contributed by atoms with Crippen molar-refractivity contribution in [2.45, 2.75) is 71.6 Å². The van der Waals surface area contributed by atoms with Crippen LogP contribution in [0.25, 0.3) is 0 Å². The van der Waals surface area contributed by atoms with Crippen LogP contribution in [0.5, 0.6) is 11.5 Å². The lowest BCUT2D eigenvalue weighted by atomic mass is 9.96. The predicted molar refractivity (Wildman–Crippen MR) is 118 cm³/mol. The molecule has 3 atom stereocenters. The molecule has 30 heavy (non-hydrogen) atoms. The van der Waals surface area contributed by atoms with Gasteiger partial charge in [0.25, 0.3) is 5.91 Å². The Labute approximate surface area is 182 Å². The average Bonchev–Trinajstić information content (AvgIpc) is 2.74. The van der Waals surface area contributed by atoms with E-state index >= 15 is 0 Å². The third kappa shape index (κ3) is 4.92. The van der Waals surface area contributed by atoms with E-state index in [1.165, 1.54) is 22.4 Å². The molecule has 0 bridgehead atoms. The largest absolute Gasteiger partial charge is 0.493 e. The van der Waals surface area contributed by atoms with Crippen LogP contribution in [-0.2, 0) is 11.3 Å². The minimum atomic E-state index is 0.0531. The number of methoxy groups -OCH3 is 2. The Morgan fingerprint density at radius 3 is 2.20 bits per heavy atom. The second-order valence-corrected chi connectivity index (χ2v) is 9.31. The number of hydrogen-bond donors (Lipinski definition) is 2. The van der Waals surface area contributed by atoms with Crippen molar-refractivity contribution in [3.8, 4) is 11.5 Å². The van der Waals surface area contributed by atoms with Crippen molar-refractivity contribution in [3.05, 3.63) is 23.3 Å². The molecule has 168 valence electrons. The van der Waals surface area contributed by atoms with E-state index in [-0.39, 0.29) is 6.04 Å². The number of hydrogen-bond acceptors (Lipinski definition) is 3. The number of nitrogens with zero attached hydrogens (tertiary/aromatic N) is 1. The Morgan fingerprint density at radius 1 is 1.07 bits per heavy atom. The summed E-state index contributed by atoms with van der Waals surface area (Å²) in [5.74, 6) is 1.94. The second kappa shape index (κ2) is 10.0. The fraction of sp³-hybridized carbons (Fsp3) is 0.708. The first-order valence-electron chi connectivity index (χ1n) is 11.6. The van der Waals surface area contributed by atoms with Crippen LogP contribution in [0, 0.1) is 6.92 Å². The number of carbonyl (C=O) groups is 1. The van der Waals surface area contributed by atoms with E-state index < -0.39 is 0 Å². The van der Waals surface area contributed by atoms with Crippen molar-refractivity contribution in [3.63, 3.8) is 0 Å². The standard InChI is InChI=1S/C24H39N3O3/c1-17-14-22(29-5)23(30-6)15-21(17)16-25-10-12-26(13-11-25)20(4)24(28)27-18(2)8-7-9-19(27)3/h14-15,18-20H,7-13,16H2,1-6H3/p+2/t18-,19-,20+/m0/s1. The molecule has 2 aliphatic heterocycles. The Balaban J connectivity index is 1.58. The molecule has 0 aliphatic carbocycles. The lowest BCUT2D eigenvalue weighted by Crippen LogP contribution is -3.29. The Bertz CT molecular complexity index is 721. The maximum atomic E-state index is 13.2. The maximum absolute atomic E-state index is 13.2. The monoisotopic (exact) mass is 419 g/mol. The van der Waals surface area contributed by atoms with Crippen molar-refractivity contribution >= 4 is 5.91 Å². The molecule has 2 heterocycles. The van der Waals surface area contributed by atoms with Crippen LogP contribution in [0.1, 0.15) is 51.2 Å². The zero-order chi connectivity index (χ0) is 21.8. The maximum Gasteiger partial charge on any atom is 0.281 e. The zero-order valence-corrected chi connectivity index (χ0v) is 19.7. The first kappa shape index (κ1) is 22.9. The number of ether oxygens (including phenoxy) is 2. The number of rotatable bonds is 6. The first-order chi connectivity index (χ1) is 14.3. The summed E-state index contributed by atoms with van der Waals surface area (Å²) in [5, 5.41) is 0. The minimum absolute atomic E-state index is 0.0531. The molecule has 2 saturated heterocycles. The van der Waals surface area contributed by atoms with Crippen LogP contribution in [0.3, 0.4) is 0 Å². The molecule has 6 heteroatoms.